The van der Waals surface area contributed by atoms with Gasteiger partial charge in [0.25, 0.3) is 10.2 Å². The Hall–Kier alpha value is -0.660. The van der Waals surface area contributed by atoms with E-state index in [9.17, 15) is 13.2 Å². The van der Waals surface area contributed by atoms with E-state index in [1.54, 1.807) is 6.92 Å². The number of nitrogens with one attached hydrogen (secondary N) is 1. The lowest BCUT2D eigenvalue weighted by Gasteiger charge is -2.20. The fourth-order valence-corrected chi connectivity index (χ4v) is 2.43. The van der Waals surface area contributed by atoms with Gasteiger partial charge in [0, 0.05) is 19.6 Å². The summed E-state index contributed by atoms with van der Waals surface area (Å²) in [5.41, 5.74) is 0. The van der Waals surface area contributed by atoms with Crippen molar-refractivity contribution in [2.45, 2.75) is 27.2 Å². The maximum absolute atomic E-state index is 11.7. The van der Waals surface area contributed by atoms with Crippen molar-refractivity contribution in [2.75, 3.05) is 19.6 Å². The van der Waals surface area contributed by atoms with Crippen LogP contribution in [0.3, 0.4) is 0 Å². The van der Waals surface area contributed by atoms with Crippen LogP contribution in [-0.2, 0) is 15.0 Å². The first kappa shape index (κ1) is 15.3. The Morgan fingerprint density at radius 1 is 1.44 bits per heavy atom. The van der Waals surface area contributed by atoms with Gasteiger partial charge in [-0.1, -0.05) is 20.8 Å². The molecule has 96 valence electrons. The van der Waals surface area contributed by atoms with Crippen LogP contribution in [0.25, 0.3) is 0 Å². The van der Waals surface area contributed by atoms with Crippen LogP contribution in [0, 0.1) is 5.92 Å². The van der Waals surface area contributed by atoms with E-state index < -0.39 is 16.2 Å². The SMILES string of the molecule is CCN(CCC(=O)O)S(=O)(=O)NCC(C)C. The number of nitrogens with zero attached hydrogens (tertiary/aromatic N) is 1. The lowest BCUT2D eigenvalue weighted by Crippen LogP contribution is -2.42. The van der Waals surface area contributed by atoms with Gasteiger partial charge >= 0.3 is 5.97 Å². The first-order chi connectivity index (χ1) is 7.29. The van der Waals surface area contributed by atoms with Gasteiger partial charge in [-0.2, -0.15) is 12.7 Å². The molecule has 0 radical (unpaired) electrons. The maximum Gasteiger partial charge on any atom is 0.304 e. The Bertz CT molecular complexity index is 313. The summed E-state index contributed by atoms with van der Waals surface area (Å²) in [7, 11) is -3.54. The summed E-state index contributed by atoms with van der Waals surface area (Å²) in [6, 6.07) is 0. The molecule has 0 unspecified atom stereocenters. The average Bonchev–Trinajstić information content (AvgIpc) is 2.15. The summed E-state index contributed by atoms with van der Waals surface area (Å²) in [4.78, 5) is 10.4. The van der Waals surface area contributed by atoms with Crippen LogP contribution in [0.4, 0.5) is 0 Å². The molecule has 0 aliphatic carbocycles. The molecule has 0 aliphatic heterocycles. The van der Waals surface area contributed by atoms with Crippen molar-refractivity contribution in [3.8, 4) is 0 Å². The van der Waals surface area contributed by atoms with Crippen LogP contribution in [0.15, 0.2) is 0 Å². The third kappa shape index (κ3) is 6.04. The highest BCUT2D eigenvalue weighted by molar-refractivity contribution is 7.87. The normalized spacial score (nSPS) is 12.3. The molecule has 0 aromatic rings. The minimum absolute atomic E-state index is 0.000732. The molecule has 0 saturated carbocycles. The maximum atomic E-state index is 11.7. The predicted octanol–water partition coefficient (Wildman–Crippen LogP) is 0.273. The van der Waals surface area contributed by atoms with E-state index in [2.05, 4.69) is 4.72 Å². The number of hydrogen-bond acceptors (Lipinski definition) is 3. The van der Waals surface area contributed by atoms with E-state index in [1.165, 1.54) is 0 Å². The zero-order chi connectivity index (χ0) is 12.8. The molecular weight excluding hydrogens is 232 g/mol. The molecule has 0 fully saturated rings. The zero-order valence-corrected chi connectivity index (χ0v) is 10.7. The molecule has 0 heterocycles. The Kier molecular flexibility index (Phi) is 6.54. The van der Waals surface area contributed by atoms with Crippen LogP contribution < -0.4 is 4.72 Å². The fraction of sp³-hybridized carbons (Fsp3) is 0.889. The molecule has 0 amide bonds. The van der Waals surface area contributed by atoms with Gasteiger partial charge in [0.05, 0.1) is 6.42 Å². The van der Waals surface area contributed by atoms with Crippen molar-refractivity contribution in [1.29, 1.82) is 0 Å². The quantitative estimate of drug-likeness (QED) is 0.649. The fourth-order valence-electron chi connectivity index (χ4n) is 1.03. The van der Waals surface area contributed by atoms with E-state index in [4.69, 9.17) is 5.11 Å². The summed E-state index contributed by atoms with van der Waals surface area (Å²) >= 11 is 0. The van der Waals surface area contributed by atoms with Crippen LogP contribution >= 0.6 is 0 Å². The molecular formula is C9H20N2O4S. The molecule has 2 N–H and O–H groups in total. The Morgan fingerprint density at radius 3 is 2.38 bits per heavy atom. The Labute approximate surface area is 96.8 Å². The number of carboxylic acid groups (broad SMARTS) is 1. The molecule has 0 aromatic carbocycles. The van der Waals surface area contributed by atoms with Crippen molar-refractivity contribution in [3.63, 3.8) is 0 Å². The summed E-state index contributed by atoms with van der Waals surface area (Å²) in [6.45, 7) is 6.09. The molecule has 0 atom stereocenters. The van der Waals surface area contributed by atoms with Gasteiger partial charge in [-0.3, -0.25) is 4.79 Å². The molecule has 0 spiro atoms. The standard InChI is InChI=1S/C9H20N2O4S/c1-4-11(6-5-9(12)13)16(14,15)10-7-8(2)3/h8,10H,4-7H2,1-3H3,(H,12,13). The van der Waals surface area contributed by atoms with Gasteiger partial charge in [-0.15, -0.1) is 0 Å². The lowest BCUT2D eigenvalue weighted by atomic mass is 10.2. The largest absolute Gasteiger partial charge is 0.481 e. The second kappa shape index (κ2) is 6.82. The van der Waals surface area contributed by atoms with E-state index >= 15 is 0 Å². The van der Waals surface area contributed by atoms with Crippen molar-refractivity contribution >= 4 is 16.2 Å². The second-order valence-electron chi connectivity index (χ2n) is 3.88. The van der Waals surface area contributed by atoms with E-state index in [1.807, 2.05) is 13.8 Å². The number of aliphatic carboxylic acids is 1. The van der Waals surface area contributed by atoms with Gasteiger partial charge in [0.15, 0.2) is 0 Å². The summed E-state index contributed by atoms with van der Waals surface area (Å²) < 4.78 is 27.0. The smallest absolute Gasteiger partial charge is 0.304 e. The zero-order valence-electron chi connectivity index (χ0n) is 9.93. The number of carboxylic acids is 1. The molecule has 0 aromatic heterocycles. The minimum Gasteiger partial charge on any atom is -0.481 e. The molecule has 16 heavy (non-hydrogen) atoms. The van der Waals surface area contributed by atoms with Gasteiger partial charge in [-0.05, 0) is 5.92 Å². The molecule has 6 nitrogen and oxygen atoms in total. The highest BCUT2D eigenvalue weighted by Gasteiger charge is 2.20. The average molecular weight is 252 g/mol. The van der Waals surface area contributed by atoms with Gasteiger partial charge < -0.3 is 5.11 Å². The molecule has 0 saturated heterocycles. The number of hydrogen-bond donors (Lipinski definition) is 2. The highest BCUT2D eigenvalue weighted by Crippen LogP contribution is 2.00. The second-order valence-corrected chi connectivity index (χ2v) is 5.64. The van der Waals surface area contributed by atoms with Crippen LogP contribution in [0.1, 0.15) is 27.2 Å². The summed E-state index contributed by atoms with van der Waals surface area (Å²) in [6.07, 6.45) is -0.184. The first-order valence-corrected chi connectivity index (χ1v) is 6.70. The van der Waals surface area contributed by atoms with Gasteiger partial charge in [0.1, 0.15) is 0 Å². The summed E-state index contributed by atoms with van der Waals surface area (Å²) in [5.74, 6) is -0.787. The van der Waals surface area contributed by atoms with Crippen LogP contribution in [0.5, 0.6) is 0 Å². The number of carbonyl (C=O) groups is 1. The number of rotatable bonds is 8. The van der Waals surface area contributed by atoms with E-state index in [0.717, 1.165) is 4.31 Å². The lowest BCUT2D eigenvalue weighted by molar-refractivity contribution is -0.137. The summed E-state index contributed by atoms with van der Waals surface area (Å²) in [5, 5.41) is 8.50. The first-order valence-electron chi connectivity index (χ1n) is 5.26. The van der Waals surface area contributed by atoms with Crippen LogP contribution in [0.2, 0.25) is 0 Å². The van der Waals surface area contributed by atoms with E-state index in [0.29, 0.717) is 6.54 Å². The van der Waals surface area contributed by atoms with Crippen molar-refractivity contribution in [3.05, 3.63) is 0 Å². The van der Waals surface area contributed by atoms with Crippen molar-refractivity contribution in [1.82, 2.24) is 9.03 Å². The van der Waals surface area contributed by atoms with Crippen molar-refractivity contribution in [2.24, 2.45) is 5.92 Å². The molecule has 7 heteroatoms. The van der Waals surface area contributed by atoms with Crippen LogP contribution in [-0.4, -0.2) is 43.4 Å². The third-order valence-electron chi connectivity index (χ3n) is 1.94. The molecule has 0 rings (SSSR count). The van der Waals surface area contributed by atoms with E-state index in [-0.39, 0.29) is 25.4 Å². The Balaban J connectivity index is 4.37. The third-order valence-corrected chi connectivity index (χ3v) is 3.59. The van der Waals surface area contributed by atoms with Gasteiger partial charge in [-0.25, -0.2) is 4.72 Å². The minimum atomic E-state index is -3.54. The predicted molar refractivity (Wildman–Crippen MR) is 61.3 cm³/mol. The van der Waals surface area contributed by atoms with Gasteiger partial charge in [0.2, 0.25) is 0 Å². The molecule has 0 aliphatic rings. The van der Waals surface area contributed by atoms with Crippen molar-refractivity contribution < 1.29 is 18.3 Å². The highest BCUT2D eigenvalue weighted by atomic mass is 32.2. The molecule has 0 bridgehead atoms. The Morgan fingerprint density at radius 2 is 2.00 bits per heavy atom. The topological polar surface area (TPSA) is 86.7 Å². The monoisotopic (exact) mass is 252 g/mol.